The quantitative estimate of drug-likeness (QED) is 0.816. The first-order valence-corrected chi connectivity index (χ1v) is 9.70. The summed E-state index contributed by atoms with van der Waals surface area (Å²) in [5, 5.41) is 0.695. The van der Waals surface area contributed by atoms with Crippen LogP contribution in [0.15, 0.2) is 47.5 Å². The molecule has 5 nitrogen and oxygen atoms in total. The third-order valence-electron chi connectivity index (χ3n) is 4.12. The zero-order valence-electron chi connectivity index (χ0n) is 13.5. The first-order chi connectivity index (χ1) is 11.5. The van der Waals surface area contributed by atoms with Crippen molar-refractivity contribution in [3.8, 4) is 0 Å². The van der Waals surface area contributed by atoms with E-state index < -0.39 is 10.0 Å². The molecular weight excluding hydrogens is 346 g/mol. The zero-order chi connectivity index (χ0) is 17.2. The second-order valence-corrected chi connectivity index (χ2v) is 8.32. The Bertz CT molecular complexity index is 803. The summed E-state index contributed by atoms with van der Waals surface area (Å²) in [7, 11) is -1.50. The molecule has 7 heteroatoms. The summed E-state index contributed by atoms with van der Waals surface area (Å²) in [5.41, 5.74) is 1.07. The van der Waals surface area contributed by atoms with Crippen molar-refractivity contribution in [2.24, 2.45) is 0 Å². The second kappa shape index (κ2) is 7.09. The van der Waals surface area contributed by atoms with E-state index in [9.17, 15) is 8.42 Å². The molecule has 0 amide bonds. The van der Waals surface area contributed by atoms with Crippen LogP contribution in [-0.4, -0.2) is 37.8 Å². The molecule has 1 aliphatic rings. The topological polar surface area (TPSA) is 53.5 Å². The minimum absolute atomic E-state index is 0.254. The number of pyridine rings is 1. The lowest BCUT2D eigenvalue weighted by atomic mass is 10.2. The predicted octanol–water partition coefficient (Wildman–Crippen LogP) is 3.16. The van der Waals surface area contributed by atoms with Crippen molar-refractivity contribution in [3.63, 3.8) is 0 Å². The van der Waals surface area contributed by atoms with E-state index in [-0.39, 0.29) is 4.90 Å². The molecule has 1 aromatic heterocycles. The number of aromatic nitrogens is 1. The van der Waals surface area contributed by atoms with Gasteiger partial charge in [-0.3, -0.25) is 0 Å². The summed E-state index contributed by atoms with van der Waals surface area (Å²) in [4.78, 5) is 6.53. The molecule has 24 heavy (non-hydrogen) atoms. The fraction of sp³-hybridized carbons (Fsp3) is 0.353. The van der Waals surface area contributed by atoms with Gasteiger partial charge in [-0.2, -0.15) is 4.31 Å². The van der Waals surface area contributed by atoms with Crippen LogP contribution in [0.3, 0.4) is 0 Å². The second-order valence-electron chi connectivity index (χ2n) is 5.95. The van der Waals surface area contributed by atoms with Gasteiger partial charge in [-0.05, 0) is 42.7 Å². The summed E-state index contributed by atoms with van der Waals surface area (Å²) in [6.07, 6.45) is 3.29. The van der Waals surface area contributed by atoms with E-state index in [1.165, 1.54) is 10.5 Å². The Balaban J connectivity index is 1.74. The van der Waals surface area contributed by atoms with Gasteiger partial charge in [0.25, 0.3) is 0 Å². The largest absolute Gasteiger partial charge is 0.355 e. The molecule has 0 unspecified atom stereocenters. The third kappa shape index (κ3) is 3.71. The van der Waals surface area contributed by atoms with Gasteiger partial charge in [-0.25, -0.2) is 13.4 Å². The summed E-state index contributed by atoms with van der Waals surface area (Å²) in [5.74, 6) is 0.718. The van der Waals surface area contributed by atoms with Crippen LogP contribution in [-0.2, 0) is 16.6 Å². The number of nitrogens with zero attached hydrogens (tertiary/aromatic N) is 3. The van der Waals surface area contributed by atoms with Gasteiger partial charge in [-0.1, -0.05) is 23.7 Å². The number of hydrogen-bond donors (Lipinski definition) is 0. The van der Waals surface area contributed by atoms with Gasteiger partial charge in [0, 0.05) is 37.9 Å². The molecule has 3 rings (SSSR count). The Labute approximate surface area is 147 Å². The number of benzene rings is 1. The van der Waals surface area contributed by atoms with Crippen molar-refractivity contribution >= 4 is 27.4 Å². The van der Waals surface area contributed by atoms with Crippen LogP contribution in [0, 0.1) is 0 Å². The highest BCUT2D eigenvalue weighted by Crippen LogP contribution is 2.22. The zero-order valence-corrected chi connectivity index (χ0v) is 15.1. The fourth-order valence-corrected chi connectivity index (χ4v) is 4.49. The summed E-state index contributed by atoms with van der Waals surface area (Å²) < 4.78 is 26.5. The van der Waals surface area contributed by atoms with Gasteiger partial charge in [0.15, 0.2) is 0 Å². The first kappa shape index (κ1) is 17.2. The van der Waals surface area contributed by atoms with E-state index in [1.54, 1.807) is 12.1 Å². The van der Waals surface area contributed by atoms with Gasteiger partial charge in [0.2, 0.25) is 10.0 Å². The van der Waals surface area contributed by atoms with Crippen LogP contribution in [0.1, 0.15) is 18.4 Å². The van der Waals surface area contributed by atoms with Crippen LogP contribution >= 0.6 is 11.6 Å². The highest BCUT2D eigenvalue weighted by molar-refractivity contribution is 7.89. The van der Waals surface area contributed by atoms with Crippen molar-refractivity contribution in [3.05, 3.63) is 53.2 Å². The molecule has 128 valence electrons. The molecule has 0 aliphatic carbocycles. The summed E-state index contributed by atoms with van der Waals surface area (Å²) in [6, 6.07) is 11.0. The van der Waals surface area contributed by atoms with E-state index in [4.69, 9.17) is 11.6 Å². The maximum Gasteiger partial charge on any atom is 0.244 e. The van der Waals surface area contributed by atoms with E-state index in [0.29, 0.717) is 24.7 Å². The van der Waals surface area contributed by atoms with Gasteiger partial charge in [-0.15, -0.1) is 0 Å². The van der Waals surface area contributed by atoms with Gasteiger partial charge in [0.05, 0.1) is 0 Å². The average Bonchev–Trinajstić information content (AvgIpc) is 3.10. The molecule has 2 heterocycles. The SMILES string of the molecule is CN(Cc1cccc(Cl)c1)c1ccc(S(=O)(=O)N2CCCC2)cn1. The predicted molar refractivity (Wildman–Crippen MR) is 95.8 cm³/mol. The summed E-state index contributed by atoms with van der Waals surface area (Å²) >= 11 is 6.00. The normalized spacial score (nSPS) is 15.6. The lowest BCUT2D eigenvalue weighted by molar-refractivity contribution is 0.477. The maximum absolute atomic E-state index is 12.5. The molecule has 0 N–H and O–H groups in total. The molecule has 2 aromatic rings. The number of anilines is 1. The molecule has 0 radical (unpaired) electrons. The van der Waals surface area contributed by atoms with Crippen LogP contribution in [0.4, 0.5) is 5.82 Å². The van der Waals surface area contributed by atoms with Gasteiger partial charge in [0.1, 0.15) is 10.7 Å². The smallest absolute Gasteiger partial charge is 0.244 e. The standard InChI is InChI=1S/C17H20ClN3O2S/c1-20(13-14-5-4-6-15(18)11-14)17-8-7-16(12-19-17)24(22,23)21-9-2-3-10-21/h4-8,11-12H,2-3,9-10,13H2,1H3. The Morgan fingerprint density at radius 2 is 1.96 bits per heavy atom. The Kier molecular flexibility index (Phi) is 5.08. The van der Waals surface area contributed by atoms with E-state index in [0.717, 1.165) is 24.2 Å². The molecule has 0 saturated carbocycles. The minimum atomic E-state index is -3.41. The highest BCUT2D eigenvalue weighted by atomic mass is 35.5. The lowest BCUT2D eigenvalue weighted by Crippen LogP contribution is -2.28. The fourth-order valence-electron chi connectivity index (χ4n) is 2.82. The highest BCUT2D eigenvalue weighted by Gasteiger charge is 2.27. The first-order valence-electron chi connectivity index (χ1n) is 7.88. The Hall–Kier alpha value is -1.63. The molecule has 0 bridgehead atoms. The van der Waals surface area contributed by atoms with E-state index >= 15 is 0 Å². The number of halogens is 1. The molecule has 0 atom stereocenters. The lowest BCUT2D eigenvalue weighted by Gasteiger charge is -2.19. The maximum atomic E-state index is 12.5. The van der Waals surface area contributed by atoms with E-state index in [2.05, 4.69) is 4.98 Å². The Morgan fingerprint density at radius 1 is 1.21 bits per heavy atom. The van der Waals surface area contributed by atoms with Crippen molar-refractivity contribution in [2.75, 3.05) is 25.0 Å². The van der Waals surface area contributed by atoms with Gasteiger partial charge < -0.3 is 4.90 Å². The Morgan fingerprint density at radius 3 is 2.58 bits per heavy atom. The average molecular weight is 366 g/mol. The van der Waals surface area contributed by atoms with Gasteiger partial charge >= 0.3 is 0 Å². The number of sulfonamides is 1. The van der Waals surface area contributed by atoms with Crippen LogP contribution in [0.2, 0.25) is 5.02 Å². The molecule has 1 saturated heterocycles. The molecule has 1 fully saturated rings. The van der Waals surface area contributed by atoms with Crippen LogP contribution in [0.25, 0.3) is 0 Å². The van der Waals surface area contributed by atoms with Crippen molar-refractivity contribution < 1.29 is 8.42 Å². The minimum Gasteiger partial charge on any atom is -0.355 e. The number of hydrogen-bond acceptors (Lipinski definition) is 4. The monoisotopic (exact) mass is 365 g/mol. The van der Waals surface area contributed by atoms with Crippen LogP contribution < -0.4 is 4.90 Å². The summed E-state index contributed by atoms with van der Waals surface area (Å²) in [6.45, 7) is 1.84. The molecule has 1 aromatic carbocycles. The van der Waals surface area contributed by atoms with E-state index in [1.807, 2.05) is 36.2 Å². The van der Waals surface area contributed by atoms with Crippen molar-refractivity contribution in [1.82, 2.24) is 9.29 Å². The van der Waals surface area contributed by atoms with Crippen molar-refractivity contribution in [2.45, 2.75) is 24.3 Å². The molecule has 0 spiro atoms. The number of rotatable bonds is 5. The van der Waals surface area contributed by atoms with Crippen molar-refractivity contribution in [1.29, 1.82) is 0 Å². The van der Waals surface area contributed by atoms with Crippen LogP contribution in [0.5, 0.6) is 0 Å². The third-order valence-corrected chi connectivity index (χ3v) is 6.24. The molecular formula is C17H20ClN3O2S. The molecule has 1 aliphatic heterocycles.